The normalized spacial score (nSPS) is 24.0. The molecule has 0 spiro atoms. The number of carbonyl (C=O) groups is 1. The standard InChI is InChI=1S/C6H10ClNO3/c1-10-4-8-3-5(2-7)11-6(8)9/h5H,2-4H2,1H3/t5-/m0/s1. The molecule has 0 unspecified atom stereocenters. The Hall–Kier alpha value is -0.480. The second kappa shape index (κ2) is 3.78. The number of rotatable bonds is 3. The number of hydrogen-bond acceptors (Lipinski definition) is 3. The molecule has 0 aromatic heterocycles. The molecule has 0 bridgehead atoms. The average Bonchev–Trinajstić information content (AvgIpc) is 2.33. The van der Waals surface area contributed by atoms with Gasteiger partial charge in [-0.1, -0.05) is 0 Å². The predicted octanol–water partition coefficient (Wildman–Crippen LogP) is 0.650. The first-order chi connectivity index (χ1) is 5.27. The Morgan fingerprint density at radius 2 is 2.64 bits per heavy atom. The summed E-state index contributed by atoms with van der Waals surface area (Å²) < 4.78 is 9.62. The third kappa shape index (κ3) is 1.97. The lowest BCUT2D eigenvalue weighted by atomic mass is 10.4. The minimum Gasteiger partial charge on any atom is -0.443 e. The molecule has 64 valence electrons. The first-order valence-corrected chi connectivity index (χ1v) is 3.82. The van der Waals surface area contributed by atoms with E-state index in [1.807, 2.05) is 0 Å². The number of methoxy groups -OCH3 is 1. The van der Waals surface area contributed by atoms with Gasteiger partial charge in [-0.15, -0.1) is 11.6 Å². The van der Waals surface area contributed by atoms with Crippen molar-refractivity contribution in [2.24, 2.45) is 0 Å². The Labute approximate surface area is 70.0 Å². The lowest BCUT2D eigenvalue weighted by Gasteiger charge is -2.09. The summed E-state index contributed by atoms with van der Waals surface area (Å²) in [6.45, 7) is 0.794. The van der Waals surface area contributed by atoms with Crippen LogP contribution < -0.4 is 0 Å². The van der Waals surface area contributed by atoms with Crippen molar-refractivity contribution in [3.8, 4) is 0 Å². The van der Waals surface area contributed by atoms with Gasteiger partial charge < -0.3 is 9.47 Å². The SMILES string of the molecule is COCN1C[C@H](CCl)OC1=O. The lowest BCUT2D eigenvalue weighted by molar-refractivity contribution is 0.0852. The van der Waals surface area contributed by atoms with E-state index in [2.05, 4.69) is 0 Å². The highest BCUT2D eigenvalue weighted by Crippen LogP contribution is 2.11. The van der Waals surface area contributed by atoms with Gasteiger partial charge in [-0.3, -0.25) is 4.90 Å². The minimum atomic E-state index is -0.350. The zero-order chi connectivity index (χ0) is 8.27. The second-order valence-electron chi connectivity index (χ2n) is 2.30. The van der Waals surface area contributed by atoms with E-state index in [9.17, 15) is 4.79 Å². The van der Waals surface area contributed by atoms with Gasteiger partial charge in [0.05, 0.1) is 12.4 Å². The third-order valence-electron chi connectivity index (χ3n) is 1.41. The molecule has 1 aliphatic rings. The quantitative estimate of drug-likeness (QED) is 0.598. The van der Waals surface area contributed by atoms with Gasteiger partial charge in [-0.2, -0.15) is 0 Å². The van der Waals surface area contributed by atoms with Crippen LogP contribution >= 0.6 is 11.6 Å². The van der Waals surface area contributed by atoms with Crippen LogP contribution in [-0.4, -0.2) is 43.4 Å². The van der Waals surface area contributed by atoms with Crippen LogP contribution in [0.4, 0.5) is 4.79 Å². The van der Waals surface area contributed by atoms with Crippen LogP contribution in [0.5, 0.6) is 0 Å². The molecule has 1 heterocycles. The van der Waals surface area contributed by atoms with Crippen molar-refractivity contribution in [3.63, 3.8) is 0 Å². The molecule has 4 nitrogen and oxygen atoms in total. The summed E-state index contributed by atoms with van der Waals surface area (Å²) in [6, 6.07) is 0. The molecular formula is C6H10ClNO3. The van der Waals surface area contributed by atoms with Gasteiger partial charge in [0.2, 0.25) is 0 Å². The molecule has 1 fully saturated rings. The summed E-state index contributed by atoms with van der Waals surface area (Å²) in [4.78, 5) is 12.4. The molecule has 0 aromatic rings. The van der Waals surface area contributed by atoms with Crippen LogP contribution in [0.1, 0.15) is 0 Å². The number of hydrogen-bond donors (Lipinski definition) is 0. The Morgan fingerprint density at radius 3 is 3.09 bits per heavy atom. The van der Waals surface area contributed by atoms with E-state index in [-0.39, 0.29) is 18.9 Å². The monoisotopic (exact) mass is 179 g/mol. The number of nitrogens with zero attached hydrogens (tertiary/aromatic N) is 1. The van der Waals surface area contributed by atoms with Gasteiger partial charge in [-0.05, 0) is 0 Å². The molecule has 0 aliphatic carbocycles. The molecule has 0 N–H and O–H groups in total. The molecule has 1 atom stereocenters. The molecule has 0 saturated carbocycles. The number of halogens is 1. The largest absolute Gasteiger partial charge is 0.443 e. The maximum atomic E-state index is 10.9. The molecular weight excluding hydrogens is 170 g/mol. The van der Waals surface area contributed by atoms with Crippen LogP contribution in [0.25, 0.3) is 0 Å². The molecule has 1 saturated heterocycles. The summed E-state index contributed by atoms with van der Waals surface area (Å²) in [6.07, 6.45) is -0.531. The fraction of sp³-hybridized carbons (Fsp3) is 0.833. The minimum absolute atomic E-state index is 0.181. The first kappa shape index (κ1) is 8.62. The van der Waals surface area contributed by atoms with Crippen LogP contribution in [0.3, 0.4) is 0 Å². The third-order valence-corrected chi connectivity index (χ3v) is 1.75. The second-order valence-corrected chi connectivity index (χ2v) is 2.61. The Kier molecular flexibility index (Phi) is 2.96. The van der Waals surface area contributed by atoms with E-state index in [4.69, 9.17) is 21.1 Å². The highest BCUT2D eigenvalue weighted by atomic mass is 35.5. The molecule has 1 aliphatic heterocycles. The summed E-state index contributed by atoms with van der Waals surface area (Å²) in [5.41, 5.74) is 0. The molecule has 1 rings (SSSR count). The van der Waals surface area contributed by atoms with E-state index in [1.54, 1.807) is 0 Å². The Bertz CT molecular complexity index is 153. The Balaban J connectivity index is 2.38. The van der Waals surface area contributed by atoms with Crippen molar-refractivity contribution in [3.05, 3.63) is 0 Å². The van der Waals surface area contributed by atoms with Crippen LogP contribution in [0.2, 0.25) is 0 Å². The average molecular weight is 180 g/mol. The van der Waals surface area contributed by atoms with Gasteiger partial charge >= 0.3 is 6.09 Å². The molecule has 0 aromatic carbocycles. The molecule has 5 heteroatoms. The maximum Gasteiger partial charge on any atom is 0.412 e. The van der Waals surface area contributed by atoms with E-state index in [0.717, 1.165) is 0 Å². The van der Waals surface area contributed by atoms with Crippen molar-refractivity contribution < 1.29 is 14.3 Å². The fourth-order valence-corrected chi connectivity index (χ4v) is 1.08. The van der Waals surface area contributed by atoms with Crippen LogP contribution in [0, 0.1) is 0 Å². The molecule has 1 amide bonds. The van der Waals surface area contributed by atoms with E-state index >= 15 is 0 Å². The lowest BCUT2D eigenvalue weighted by Crippen LogP contribution is -2.27. The number of ether oxygens (including phenoxy) is 2. The van der Waals surface area contributed by atoms with E-state index in [1.165, 1.54) is 12.0 Å². The van der Waals surface area contributed by atoms with Gasteiger partial charge in [0, 0.05) is 7.11 Å². The highest BCUT2D eigenvalue weighted by molar-refractivity contribution is 6.18. The van der Waals surface area contributed by atoms with Crippen molar-refractivity contribution >= 4 is 17.7 Å². The van der Waals surface area contributed by atoms with Crippen molar-refractivity contribution in [1.82, 2.24) is 4.90 Å². The summed E-state index contributed by atoms with van der Waals surface area (Å²) >= 11 is 5.49. The fourth-order valence-electron chi connectivity index (χ4n) is 0.916. The van der Waals surface area contributed by atoms with E-state index in [0.29, 0.717) is 12.4 Å². The van der Waals surface area contributed by atoms with Crippen molar-refractivity contribution in [1.29, 1.82) is 0 Å². The summed E-state index contributed by atoms with van der Waals surface area (Å²) in [5.74, 6) is 0.339. The number of cyclic esters (lactones) is 1. The molecule has 11 heavy (non-hydrogen) atoms. The molecule has 0 radical (unpaired) electrons. The van der Waals surface area contributed by atoms with Crippen LogP contribution in [0.15, 0.2) is 0 Å². The highest BCUT2D eigenvalue weighted by Gasteiger charge is 2.29. The van der Waals surface area contributed by atoms with Gasteiger partial charge in [0.25, 0.3) is 0 Å². The van der Waals surface area contributed by atoms with Gasteiger partial charge in [0.1, 0.15) is 12.8 Å². The number of carbonyl (C=O) groups excluding carboxylic acids is 1. The number of alkyl halides is 1. The summed E-state index contributed by atoms with van der Waals surface area (Å²) in [5, 5.41) is 0. The topological polar surface area (TPSA) is 38.8 Å². The predicted molar refractivity (Wildman–Crippen MR) is 39.6 cm³/mol. The zero-order valence-corrected chi connectivity index (χ0v) is 7.00. The zero-order valence-electron chi connectivity index (χ0n) is 6.25. The maximum absolute atomic E-state index is 10.9. The van der Waals surface area contributed by atoms with Crippen molar-refractivity contribution in [2.75, 3.05) is 26.3 Å². The van der Waals surface area contributed by atoms with Gasteiger partial charge in [0.15, 0.2) is 0 Å². The van der Waals surface area contributed by atoms with Gasteiger partial charge in [-0.25, -0.2) is 4.79 Å². The van der Waals surface area contributed by atoms with E-state index < -0.39 is 0 Å². The van der Waals surface area contributed by atoms with Crippen LogP contribution in [-0.2, 0) is 9.47 Å². The number of amides is 1. The van der Waals surface area contributed by atoms with Crippen molar-refractivity contribution in [2.45, 2.75) is 6.10 Å². The smallest absolute Gasteiger partial charge is 0.412 e. The summed E-state index contributed by atoms with van der Waals surface area (Å²) in [7, 11) is 1.53. The first-order valence-electron chi connectivity index (χ1n) is 3.28. The Morgan fingerprint density at radius 1 is 1.91 bits per heavy atom.